The van der Waals surface area contributed by atoms with Crippen molar-refractivity contribution in [1.82, 2.24) is 0 Å². The molecular weight excluding hydrogens is 226 g/mol. The van der Waals surface area contributed by atoms with E-state index in [1.54, 1.807) is 4.90 Å². The molecule has 3 heteroatoms. The topological polar surface area (TPSA) is 30.7 Å². The lowest BCUT2D eigenvalue weighted by molar-refractivity contribution is -0.923. The summed E-state index contributed by atoms with van der Waals surface area (Å²) in [6, 6.07) is 10.7. The molecular formula is C15H20NO2+. The number of piperidine rings is 1. The van der Waals surface area contributed by atoms with Crippen LogP contribution in [-0.4, -0.2) is 31.2 Å². The summed E-state index contributed by atoms with van der Waals surface area (Å²) in [4.78, 5) is 13.6. The van der Waals surface area contributed by atoms with Gasteiger partial charge in [0, 0.05) is 25.7 Å². The minimum atomic E-state index is -0.167. The van der Waals surface area contributed by atoms with Crippen molar-refractivity contribution in [2.45, 2.75) is 43.9 Å². The summed E-state index contributed by atoms with van der Waals surface area (Å²) in [6.45, 7) is 0. The van der Waals surface area contributed by atoms with Crippen LogP contribution in [0.5, 0.6) is 0 Å². The number of carbonyl (C=O) groups is 1. The molecule has 2 aliphatic rings. The summed E-state index contributed by atoms with van der Waals surface area (Å²) in [6.07, 6.45) is 4.76. The first-order valence-corrected chi connectivity index (χ1v) is 6.83. The largest absolute Gasteiger partial charge is 0.458 e. The zero-order valence-corrected chi connectivity index (χ0v) is 10.8. The fourth-order valence-electron chi connectivity index (χ4n) is 3.42. The first-order chi connectivity index (χ1) is 8.74. The van der Waals surface area contributed by atoms with Gasteiger partial charge in [0.2, 0.25) is 0 Å². The number of fused-ring (bicyclic) bond motifs is 2. The van der Waals surface area contributed by atoms with Crippen molar-refractivity contribution < 1.29 is 14.4 Å². The van der Waals surface area contributed by atoms with E-state index in [1.165, 1.54) is 12.8 Å². The molecule has 96 valence electrons. The molecule has 2 saturated heterocycles. The predicted octanol–water partition coefficient (Wildman–Crippen LogP) is 1.05. The molecule has 0 spiro atoms. The number of carbonyl (C=O) groups excluding carboxylic acids is 1. The Morgan fingerprint density at radius 1 is 1.17 bits per heavy atom. The van der Waals surface area contributed by atoms with Crippen LogP contribution in [0.3, 0.4) is 0 Å². The number of hydrogen-bond donors (Lipinski definition) is 1. The summed E-state index contributed by atoms with van der Waals surface area (Å²) in [5, 5.41) is 0. The van der Waals surface area contributed by atoms with Gasteiger partial charge in [-0.2, -0.15) is 0 Å². The van der Waals surface area contributed by atoms with Gasteiger partial charge in [0.25, 0.3) is 0 Å². The Morgan fingerprint density at radius 2 is 1.78 bits per heavy atom. The Hall–Kier alpha value is -1.35. The van der Waals surface area contributed by atoms with Crippen LogP contribution in [0.15, 0.2) is 30.3 Å². The smallest absolute Gasteiger partial charge is 0.338 e. The SMILES string of the molecule is C[NH+]1C2CCC1CC(OC(=O)c1ccccc1)C2. The first-order valence-electron chi connectivity index (χ1n) is 6.83. The lowest BCUT2D eigenvalue weighted by Crippen LogP contribution is -3.15. The highest BCUT2D eigenvalue weighted by Crippen LogP contribution is 2.25. The van der Waals surface area contributed by atoms with Crippen LogP contribution in [0.2, 0.25) is 0 Å². The fraction of sp³-hybridized carbons (Fsp3) is 0.533. The van der Waals surface area contributed by atoms with Crippen molar-refractivity contribution in [3.05, 3.63) is 35.9 Å². The Kier molecular flexibility index (Phi) is 3.08. The number of nitrogens with one attached hydrogen (secondary N) is 1. The molecule has 0 aromatic heterocycles. The van der Waals surface area contributed by atoms with Gasteiger partial charge in [0.1, 0.15) is 6.10 Å². The quantitative estimate of drug-likeness (QED) is 0.791. The van der Waals surface area contributed by atoms with Gasteiger partial charge in [-0.1, -0.05) is 18.2 Å². The van der Waals surface area contributed by atoms with E-state index in [0.29, 0.717) is 17.6 Å². The molecule has 2 aliphatic heterocycles. The molecule has 18 heavy (non-hydrogen) atoms. The number of benzene rings is 1. The van der Waals surface area contributed by atoms with Gasteiger partial charge in [0.15, 0.2) is 0 Å². The van der Waals surface area contributed by atoms with Crippen LogP contribution >= 0.6 is 0 Å². The average molecular weight is 246 g/mol. The predicted molar refractivity (Wildman–Crippen MR) is 68.6 cm³/mol. The standard InChI is InChI=1S/C15H19NO2/c1-16-12-7-8-13(16)10-14(9-12)18-15(17)11-5-3-2-4-6-11/h2-6,12-14H,7-10H2,1H3/p+1. The number of hydrogen-bond acceptors (Lipinski definition) is 2. The Morgan fingerprint density at radius 3 is 2.39 bits per heavy atom. The maximum Gasteiger partial charge on any atom is 0.338 e. The van der Waals surface area contributed by atoms with Crippen molar-refractivity contribution in [3.8, 4) is 0 Å². The van der Waals surface area contributed by atoms with E-state index in [0.717, 1.165) is 12.8 Å². The molecule has 3 rings (SSSR count). The van der Waals surface area contributed by atoms with E-state index in [2.05, 4.69) is 7.05 Å². The van der Waals surface area contributed by atoms with E-state index in [9.17, 15) is 4.79 Å². The van der Waals surface area contributed by atoms with Crippen LogP contribution in [-0.2, 0) is 4.74 Å². The summed E-state index contributed by atoms with van der Waals surface area (Å²) in [7, 11) is 2.28. The summed E-state index contributed by atoms with van der Waals surface area (Å²) < 4.78 is 5.65. The molecule has 1 N–H and O–H groups in total. The number of rotatable bonds is 2. The maximum atomic E-state index is 12.0. The molecule has 0 aliphatic carbocycles. The molecule has 0 amide bonds. The normalized spacial score (nSPS) is 34.3. The highest BCUT2D eigenvalue weighted by Gasteiger charge is 2.43. The molecule has 2 atom stereocenters. The van der Waals surface area contributed by atoms with E-state index >= 15 is 0 Å². The summed E-state index contributed by atoms with van der Waals surface area (Å²) in [5.74, 6) is -0.167. The van der Waals surface area contributed by atoms with Gasteiger partial charge < -0.3 is 9.64 Å². The monoisotopic (exact) mass is 246 g/mol. The number of ether oxygens (including phenoxy) is 1. The Bertz CT molecular complexity index is 417. The van der Waals surface area contributed by atoms with Crippen molar-refractivity contribution in [2.24, 2.45) is 0 Å². The first kappa shape index (κ1) is 11.7. The molecule has 3 nitrogen and oxygen atoms in total. The van der Waals surface area contributed by atoms with Crippen LogP contribution in [0.1, 0.15) is 36.0 Å². The molecule has 2 fully saturated rings. The van der Waals surface area contributed by atoms with E-state index in [4.69, 9.17) is 4.74 Å². The summed E-state index contributed by atoms with van der Waals surface area (Å²) >= 11 is 0. The zero-order chi connectivity index (χ0) is 12.5. The lowest BCUT2D eigenvalue weighted by Gasteiger charge is -2.33. The molecule has 2 bridgehead atoms. The van der Waals surface area contributed by atoms with Crippen LogP contribution < -0.4 is 4.90 Å². The van der Waals surface area contributed by atoms with Crippen molar-refractivity contribution in [3.63, 3.8) is 0 Å². The Labute approximate surface area is 108 Å². The fourth-order valence-corrected chi connectivity index (χ4v) is 3.42. The molecule has 0 radical (unpaired) electrons. The maximum absolute atomic E-state index is 12.0. The second-order valence-corrected chi connectivity index (χ2v) is 5.58. The third-order valence-corrected chi connectivity index (χ3v) is 4.53. The third kappa shape index (κ3) is 2.15. The Balaban J connectivity index is 1.63. The van der Waals surface area contributed by atoms with E-state index < -0.39 is 0 Å². The van der Waals surface area contributed by atoms with E-state index in [1.807, 2.05) is 30.3 Å². The number of esters is 1. The average Bonchev–Trinajstić information content (AvgIpc) is 2.63. The van der Waals surface area contributed by atoms with Crippen molar-refractivity contribution in [2.75, 3.05) is 7.05 Å². The van der Waals surface area contributed by atoms with Gasteiger partial charge >= 0.3 is 5.97 Å². The van der Waals surface area contributed by atoms with Gasteiger partial charge in [0.05, 0.1) is 24.7 Å². The summed E-state index contributed by atoms with van der Waals surface area (Å²) in [5.41, 5.74) is 0.663. The highest BCUT2D eigenvalue weighted by atomic mass is 16.5. The molecule has 2 heterocycles. The minimum Gasteiger partial charge on any atom is -0.458 e. The third-order valence-electron chi connectivity index (χ3n) is 4.53. The molecule has 2 unspecified atom stereocenters. The van der Waals surface area contributed by atoms with Gasteiger partial charge in [-0.15, -0.1) is 0 Å². The molecule has 1 aromatic carbocycles. The second-order valence-electron chi connectivity index (χ2n) is 5.58. The van der Waals surface area contributed by atoms with Crippen LogP contribution in [0.4, 0.5) is 0 Å². The van der Waals surface area contributed by atoms with Crippen LogP contribution in [0.25, 0.3) is 0 Å². The van der Waals surface area contributed by atoms with E-state index in [-0.39, 0.29) is 12.1 Å². The lowest BCUT2D eigenvalue weighted by atomic mass is 10.0. The van der Waals surface area contributed by atoms with Crippen molar-refractivity contribution >= 4 is 5.97 Å². The number of quaternary nitrogens is 1. The van der Waals surface area contributed by atoms with Gasteiger partial charge in [-0.25, -0.2) is 4.79 Å². The molecule has 0 saturated carbocycles. The zero-order valence-electron chi connectivity index (χ0n) is 10.8. The second kappa shape index (κ2) is 4.73. The van der Waals surface area contributed by atoms with Crippen LogP contribution in [0, 0.1) is 0 Å². The molecule has 1 aromatic rings. The highest BCUT2D eigenvalue weighted by molar-refractivity contribution is 5.89. The van der Waals surface area contributed by atoms with Gasteiger partial charge in [-0.3, -0.25) is 0 Å². The van der Waals surface area contributed by atoms with Gasteiger partial charge in [-0.05, 0) is 12.1 Å². The minimum absolute atomic E-state index is 0.124. The van der Waals surface area contributed by atoms with Crippen molar-refractivity contribution in [1.29, 1.82) is 0 Å².